The number of hydrogen-bond acceptors (Lipinski definition) is 2. The molecule has 4 aromatic rings. The predicted molar refractivity (Wildman–Crippen MR) is 125 cm³/mol. The highest BCUT2D eigenvalue weighted by molar-refractivity contribution is 5.90. The second-order valence-electron chi connectivity index (χ2n) is 7.90. The van der Waals surface area contributed by atoms with E-state index < -0.39 is 23.5 Å². The molecule has 0 aliphatic carbocycles. The zero-order chi connectivity index (χ0) is 25.9. The summed E-state index contributed by atoms with van der Waals surface area (Å²) in [7, 11) is 0. The van der Waals surface area contributed by atoms with Crippen LogP contribution in [0, 0.1) is 11.3 Å². The number of benzene rings is 3. The van der Waals surface area contributed by atoms with Crippen molar-refractivity contribution in [3.63, 3.8) is 0 Å². The fourth-order valence-electron chi connectivity index (χ4n) is 3.63. The van der Waals surface area contributed by atoms with Gasteiger partial charge in [0.2, 0.25) is 0 Å². The van der Waals surface area contributed by atoms with Gasteiger partial charge in [-0.25, -0.2) is 0 Å². The van der Waals surface area contributed by atoms with Crippen molar-refractivity contribution in [1.29, 1.82) is 5.26 Å². The minimum Gasteiger partial charge on any atom is -0.265 e. The van der Waals surface area contributed by atoms with Crippen LogP contribution < -0.4 is 0 Å². The summed E-state index contributed by atoms with van der Waals surface area (Å²) in [5.41, 5.74) is 0.638. The van der Waals surface area contributed by atoms with Crippen molar-refractivity contribution in [2.24, 2.45) is 0 Å². The van der Waals surface area contributed by atoms with Crippen LogP contribution in [0.3, 0.4) is 0 Å². The Labute approximate surface area is 202 Å². The number of hydrogen-bond donors (Lipinski definition) is 0. The number of rotatable bonds is 4. The molecule has 0 amide bonds. The molecule has 2 nitrogen and oxygen atoms in total. The van der Waals surface area contributed by atoms with Gasteiger partial charge in [-0.15, -0.1) is 0 Å². The van der Waals surface area contributed by atoms with Crippen molar-refractivity contribution in [2.45, 2.75) is 12.4 Å². The Balaban J connectivity index is 1.64. The molecule has 0 bridgehead atoms. The first-order valence-electron chi connectivity index (χ1n) is 10.6. The molecule has 0 saturated carbocycles. The van der Waals surface area contributed by atoms with Gasteiger partial charge in [0.15, 0.2) is 0 Å². The van der Waals surface area contributed by atoms with Crippen LogP contribution in [0.25, 0.3) is 33.9 Å². The average molecular weight is 494 g/mol. The molecule has 0 unspecified atom stereocenters. The van der Waals surface area contributed by atoms with Gasteiger partial charge in [0.05, 0.1) is 22.8 Å². The third kappa shape index (κ3) is 5.63. The van der Waals surface area contributed by atoms with Gasteiger partial charge in [0, 0.05) is 12.4 Å². The smallest absolute Gasteiger partial charge is 0.265 e. The standard InChI is InChI=1S/C28H16F6N2/c29-27(30,31)25-14-23(15-26(16-25)28(32,33)34)20-5-7-21(8-6-20)24(17-35)13-18-1-3-19(4-2-18)22-9-11-36-12-10-22/h1-16H. The summed E-state index contributed by atoms with van der Waals surface area (Å²) in [6, 6.07) is 20.5. The molecule has 0 aliphatic heterocycles. The molecular formula is C28H16F6N2. The lowest BCUT2D eigenvalue weighted by Gasteiger charge is -2.14. The maximum absolute atomic E-state index is 13.2. The Morgan fingerprint density at radius 3 is 1.61 bits per heavy atom. The normalized spacial score (nSPS) is 12.3. The van der Waals surface area contributed by atoms with E-state index in [1.807, 2.05) is 36.4 Å². The van der Waals surface area contributed by atoms with Gasteiger partial charge < -0.3 is 0 Å². The minimum atomic E-state index is -4.93. The number of allylic oxidation sites excluding steroid dienone is 1. The van der Waals surface area contributed by atoms with E-state index in [0.717, 1.165) is 16.7 Å². The third-order valence-electron chi connectivity index (χ3n) is 5.47. The van der Waals surface area contributed by atoms with Gasteiger partial charge in [-0.3, -0.25) is 4.98 Å². The average Bonchev–Trinajstić information content (AvgIpc) is 2.87. The van der Waals surface area contributed by atoms with E-state index in [2.05, 4.69) is 11.1 Å². The zero-order valence-corrected chi connectivity index (χ0v) is 18.4. The van der Waals surface area contributed by atoms with Gasteiger partial charge in [-0.2, -0.15) is 31.6 Å². The highest BCUT2D eigenvalue weighted by atomic mass is 19.4. The van der Waals surface area contributed by atoms with Crippen molar-refractivity contribution >= 4 is 11.6 Å². The van der Waals surface area contributed by atoms with Gasteiger partial charge >= 0.3 is 12.4 Å². The Morgan fingerprint density at radius 2 is 1.11 bits per heavy atom. The van der Waals surface area contributed by atoms with E-state index in [1.165, 1.54) is 24.3 Å². The predicted octanol–water partition coefficient (Wildman–Crippen LogP) is 8.52. The van der Waals surface area contributed by atoms with Gasteiger partial charge in [-0.05, 0) is 69.8 Å². The molecule has 180 valence electrons. The quantitative estimate of drug-likeness (QED) is 0.162. The molecule has 0 aliphatic rings. The zero-order valence-electron chi connectivity index (χ0n) is 18.4. The van der Waals surface area contributed by atoms with Crippen molar-refractivity contribution in [3.05, 3.63) is 114 Å². The number of halogens is 6. The maximum Gasteiger partial charge on any atom is 0.416 e. The molecule has 4 rings (SSSR count). The minimum absolute atomic E-state index is 0.0916. The first-order chi connectivity index (χ1) is 17.0. The number of alkyl halides is 6. The SMILES string of the molecule is N#CC(=Cc1ccc(-c2ccncc2)cc1)c1ccc(-c2cc(C(F)(F)F)cc(C(F)(F)F)c2)cc1. The fraction of sp³-hybridized carbons (Fsp3) is 0.0714. The summed E-state index contributed by atoms with van der Waals surface area (Å²) in [6.07, 6.45) is -4.84. The summed E-state index contributed by atoms with van der Waals surface area (Å²) < 4.78 is 79.1. The van der Waals surface area contributed by atoms with Gasteiger partial charge in [-0.1, -0.05) is 48.5 Å². The summed E-state index contributed by atoms with van der Waals surface area (Å²) in [5, 5.41) is 9.64. The number of nitriles is 1. The molecule has 0 atom stereocenters. The second-order valence-corrected chi connectivity index (χ2v) is 7.90. The van der Waals surface area contributed by atoms with E-state index in [0.29, 0.717) is 23.3 Å². The Kier molecular flexibility index (Phi) is 6.67. The Morgan fingerprint density at radius 1 is 0.639 bits per heavy atom. The number of nitrogens with zero attached hydrogens (tertiary/aromatic N) is 2. The molecule has 0 saturated heterocycles. The van der Waals surface area contributed by atoms with E-state index in [-0.39, 0.29) is 17.2 Å². The highest BCUT2D eigenvalue weighted by Gasteiger charge is 2.37. The van der Waals surface area contributed by atoms with Gasteiger partial charge in [0.1, 0.15) is 0 Å². The lowest BCUT2D eigenvalue weighted by Crippen LogP contribution is -2.11. The lowest BCUT2D eigenvalue weighted by molar-refractivity contribution is -0.143. The van der Waals surface area contributed by atoms with Crippen LogP contribution in [0.4, 0.5) is 26.3 Å². The summed E-state index contributed by atoms with van der Waals surface area (Å²) in [4.78, 5) is 3.98. The first-order valence-corrected chi connectivity index (χ1v) is 10.6. The van der Waals surface area contributed by atoms with Crippen LogP contribution in [0.1, 0.15) is 22.3 Å². The molecule has 0 N–H and O–H groups in total. The molecule has 0 spiro atoms. The molecule has 1 aromatic heterocycles. The summed E-state index contributed by atoms with van der Waals surface area (Å²) in [6.45, 7) is 0. The molecule has 1 heterocycles. The lowest BCUT2D eigenvalue weighted by atomic mass is 9.96. The maximum atomic E-state index is 13.2. The highest BCUT2D eigenvalue weighted by Crippen LogP contribution is 2.38. The Hall–Kier alpha value is -4.38. The van der Waals surface area contributed by atoms with Gasteiger partial charge in [0.25, 0.3) is 0 Å². The van der Waals surface area contributed by atoms with Crippen molar-refractivity contribution < 1.29 is 26.3 Å². The Bertz CT molecular complexity index is 1400. The van der Waals surface area contributed by atoms with E-state index in [9.17, 15) is 31.6 Å². The molecule has 36 heavy (non-hydrogen) atoms. The summed E-state index contributed by atoms with van der Waals surface area (Å²) >= 11 is 0. The van der Waals surface area contributed by atoms with Crippen LogP contribution >= 0.6 is 0 Å². The van der Waals surface area contributed by atoms with Crippen molar-refractivity contribution in [2.75, 3.05) is 0 Å². The monoisotopic (exact) mass is 494 g/mol. The second kappa shape index (κ2) is 9.70. The molecule has 8 heteroatoms. The van der Waals surface area contributed by atoms with E-state index in [1.54, 1.807) is 18.5 Å². The molecule has 3 aromatic carbocycles. The largest absolute Gasteiger partial charge is 0.416 e. The van der Waals surface area contributed by atoms with Crippen LogP contribution in [0.15, 0.2) is 91.3 Å². The third-order valence-corrected chi connectivity index (χ3v) is 5.47. The number of aromatic nitrogens is 1. The van der Waals surface area contributed by atoms with Crippen molar-refractivity contribution in [1.82, 2.24) is 4.98 Å². The molecule has 0 fully saturated rings. The van der Waals surface area contributed by atoms with Crippen LogP contribution in [0.5, 0.6) is 0 Å². The van der Waals surface area contributed by atoms with E-state index >= 15 is 0 Å². The summed E-state index contributed by atoms with van der Waals surface area (Å²) in [5.74, 6) is 0. The van der Waals surface area contributed by atoms with Crippen molar-refractivity contribution in [3.8, 4) is 28.3 Å². The number of pyridine rings is 1. The molecule has 0 radical (unpaired) electrons. The topological polar surface area (TPSA) is 36.7 Å². The van der Waals surface area contributed by atoms with E-state index in [4.69, 9.17) is 0 Å². The first kappa shape index (κ1) is 24.7. The fourth-order valence-corrected chi connectivity index (χ4v) is 3.63. The van der Waals surface area contributed by atoms with Crippen LogP contribution in [-0.4, -0.2) is 4.98 Å². The van der Waals surface area contributed by atoms with Crippen LogP contribution in [-0.2, 0) is 12.4 Å². The van der Waals surface area contributed by atoms with Crippen LogP contribution in [0.2, 0.25) is 0 Å². The molecular weight excluding hydrogens is 478 g/mol.